The summed E-state index contributed by atoms with van der Waals surface area (Å²) in [4.78, 5) is 26.5. The number of carbonyl (C=O) groups is 2. The summed E-state index contributed by atoms with van der Waals surface area (Å²) in [7, 11) is 0. The molecule has 0 bridgehead atoms. The molecule has 2 rings (SSSR count). The van der Waals surface area contributed by atoms with Crippen molar-refractivity contribution < 1.29 is 9.59 Å². The maximum atomic E-state index is 12.3. The SMILES string of the molecule is Cc1c(Br)cccc1C(=O)NC(C)C(=O)N1CCCCC1. The highest BCUT2D eigenvalue weighted by Crippen LogP contribution is 2.19. The van der Waals surface area contributed by atoms with Crippen LogP contribution in [0.5, 0.6) is 0 Å². The molecule has 114 valence electrons. The van der Waals surface area contributed by atoms with Crippen LogP contribution < -0.4 is 5.32 Å². The number of rotatable bonds is 3. The van der Waals surface area contributed by atoms with E-state index in [1.165, 1.54) is 6.42 Å². The second-order valence-corrected chi connectivity index (χ2v) is 6.35. The van der Waals surface area contributed by atoms with Gasteiger partial charge in [-0.2, -0.15) is 0 Å². The molecule has 0 spiro atoms. The molecule has 1 aromatic rings. The minimum Gasteiger partial charge on any atom is -0.341 e. The van der Waals surface area contributed by atoms with Crippen molar-refractivity contribution in [2.45, 2.75) is 39.2 Å². The van der Waals surface area contributed by atoms with E-state index in [0.717, 1.165) is 36.0 Å². The molecule has 1 aliphatic rings. The summed E-state index contributed by atoms with van der Waals surface area (Å²) >= 11 is 3.42. The van der Waals surface area contributed by atoms with E-state index < -0.39 is 6.04 Å². The van der Waals surface area contributed by atoms with Gasteiger partial charge >= 0.3 is 0 Å². The Morgan fingerprint density at radius 2 is 1.90 bits per heavy atom. The summed E-state index contributed by atoms with van der Waals surface area (Å²) in [5.74, 6) is -0.192. The van der Waals surface area contributed by atoms with Crippen molar-refractivity contribution in [1.82, 2.24) is 10.2 Å². The maximum absolute atomic E-state index is 12.3. The van der Waals surface area contributed by atoms with Crippen molar-refractivity contribution >= 4 is 27.7 Å². The van der Waals surface area contributed by atoms with Gasteiger partial charge in [-0.05, 0) is 50.8 Å². The van der Waals surface area contributed by atoms with Crippen LogP contribution in [0.2, 0.25) is 0 Å². The lowest BCUT2D eigenvalue weighted by atomic mass is 10.1. The van der Waals surface area contributed by atoms with E-state index in [2.05, 4.69) is 21.2 Å². The Bertz CT molecular complexity index is 539. The van der Waals surface area contributed by atoms with Crippen LogP contribution in [-0.4, -0.2) is 35.8 Å². The molecule has 0 aliphatic carbocycles. The molecule has 0 aromatic heterocycles. The van der Waals surface area contributed by atoms with E-state index >= 15 is 0 Å². The Balaban J connectivity index is 2.01. The predicted molar refractivity (Wildman–Crippen MR) is 86.2 cm³/mol. The lowest BCUT2D eigenvalue weighted by molar-refractivity contribution is -0.133. The number of benzene rings is 1. The minimum atomic E-state index is -0.492. The van der Waals surface area contributed by atoms with Crippen molar-refractivity contribution in [3.63, 3.8) is 0 Å². The van der Waals surface area contributed by atoms with Crippen LogP contribution >= 0.6 is 15.9 Å². The molecule has 5 heteroatoms. The number of hydrogen-bond acceptors (Lipinski definition) is 2. The fourth-order valence-electron chi connectivity index (χ4n) is 2.58. The fraction of sp³-hybridized carbons (Fsp3) is 0.500. The molecule has 1 aliphatic heterocycles. The lowest BCUT2D eigenvalue weighted by Gasteiger charge is -2.29. The standard InChI is InChI=1S/C16H21BrN2O2/c1-11-13(7-6-8-14(11)17)15(20)18-12(2)16(21)19-9-4-3-5-10-19/h6-8,12H,3-5,9-10H2,1-2H3,(H,18,20). The molecule has 0 saturated carbocycles. The maximum Gasteiger partial charge on any atom is 0.252 e. The third-order valence-electron chi connectivity index (χ3n) is 3.90. The fourth-order valence-corrected chi connectivity index (χ4v) is 2.94. The molecule has 1 saturated heterocycles. The molecule has 21 heavy (non-hydrogen) atoms. The first-order chi connectivity index (χ1) is 10.0. The van der Waals surface area contributed by atoms with E-state index in [9.17, 15) is 9.59 Å². The quantitative estimate of drug-likeness (QED) is 0.909. The first-order valence-corrected chi connectivity index (χ1v) is 8.15. The van der Waals surface area contributed by atoms with Gasteiger partial charge in [-0.15, -0.1) is 0 Å². The molecule has 1 heterocycles. The Hall–Kier alpha value is -1.36. The van der Waals surface area contributed by atoms with Gasteiger partial charge in [0.05, 0.1) is 0 Å². The molecular formula is C16H21BrN2O2. The molecule has 1 unspecified atom stereocenters. The molecule has 0 radical (unpaired) electrons. The molecule has 2 amide bonds. The Morgan fingerprint density at radius 3 is 2.57 bits per heavy atom. The highest BCUT2D eigenvalue weighted by atomic mass is 79.9. The van der Waals surface area contributed by atoms with Gasteiger partial charge in [-0.3, -0.25) is 9.59 Å². The molecule has 4 nitrogen and oxygen atoms in total. The zero-order valence-electron chi connectivity index (χ0n) is 12.5. The van der Waals surface area contributed by atoms with Gasteiger partial charge < -0.3 is 10.2 Å². The molecule has 1 atom stereocenters. The average Bonchev–Trinajstić information content (AvgIpc) is 2.50. The zero-order chi connectivity index (χ0) is 15.4. The highest BCUT2D eigenvalue weighted by molar-refractivity contribution is 9.10. The highest BCUT2D eigenvalue weighted by Gasteiger charge is 2.24. The van der Waals surface area contributed by atoms with Crippen LogP contribution in [0.1, 0.15) is 42.1 Å². The summed E-state index contributed by atoms with van der Waals surface area (Å²) < 4.78 is 0.894. The van der Waals surface area contributed by atoms with E-state index in [4.69, 9.17) is 0 Å². The second-order valence-electron chi connectivity index (χ2n) is 5.49. The zero-order valence-corrected chi connectivity index (χ0v) is 14.1. The second kappa shape index (κ2) is 7.07. The van der Waals surface area contributed by atoms with Crippen molar-refractivity contribution in [3.05, 3.63) is 33.8 Å². The van der Waals surface area contributed by atoms with Crippen molar-refractivity contribution in [3.8, 4) is 0 Å². The summed E-state index contributed by atoms with van der Waals surface area (Å²) in [6.07, 6.45) is 3.29. The van der Waals surface area contributed by atoms with Crippen LogP contribution in [0.25, 0.3) is 0 Å². The number of piperidine rings is 1. The Kier molecular flexibility index (Phi) is 5.39. The van der Waals surface area contributed by atoms with Crippen LogP contribution in [-0.2, 0) is 4.79 Å². The Morgan fingerprint density at radius 1 is 1.24 bits per heavy atom. The van der Waals surface area contributed by atoms with E-state index in [0.29, 0.717) is 5.56 Å². The van der Waals surface area contributed by atoms with Crippen LogP contribution in [0.4, 0.5) is 0 Å². The number of likely N-dealkylation sites (tertiary alicyclic amines) is 1. The third kappa shape index (κ3) is 3.84. The molecule has 1 fully saturated rings. The summed E-state index contributed by atoms with van der Waals surface area (Å²) in [5, 5.41) is 2.81. The van der Waals surface area contributed by atoms with Gasteiger partial charge in [0, 0.05) is 23.1 Å². The van der Waals surface area contributed by atoms with E-state index in [1.54, 1.807) is 13.0 Å². The monoisotopic (exact) mass is 352 g/mol. The topological polar surface area (TPSA) is 49.4 Å². The number of nitrogens with zero attached hydrogens (tertiary/aromatic N) is 1. The predicted octanol–water partition coefficient (Wildman–Crippen LogP) is 2.89. The lowest BCUT2D eigenvalue weighted by Crippen LogP contribution is -2.48. The van der Waals surface area contributed by atoms with Gasteiger partial charge in [0.25, 0.3) is 5.91 Å². The number of hydrogen-bond donors (Lipinski definition) is 1. The number of amides is 2. The largest absolute Gasteiger partial charge is 0.341 e. The van der Waals surface area contributed by atoms with E-state index in [-0.39, 0.29) is 11.8 Å². The van der Waals surface area contributed by atoms with Gasteiger partial charge in [0.2, 0.25) is 5.91 Å². The smallest absolute Gasteiger partial charge is 0.252 e. The third-order valence-corrected chi connectivity index (χ3v) is 4.76. The first kappa shape index (κ1) is 16.0. The first-order valence-electron chi connectivity index (χ1n) is 7.35. The number of nitrogens with one attached hydrogen (secondary N) is 1. The van der Waals surface area contributed by atoms with Gasteiger partial charge in [-0.1, -0.05) is 22.0 Å². The van der Waals surface area contributed by atoms with Gasteiger partial charge in [0.1, 0.15) is 6.04 Å². The summed E-state index contributed by atoms with van der Waals surface area (Å²) in [6.45, 7) is 5.24. The number of halogens is 1. The van der Waals surface area contributed by atoms with Crippen molar-refractivity contribution in [1.29, 1.82) is 0 Å². The van der Waals surface area contributed by atoms with E-state index in [1.807, 2.05) is 24.0 Å². The molecule has 1 N–H and O–H groups in total. The number of carbonyl (C=O) groups excluding carboxylic acids is 2. The minimum absolute atomic E-state index is 0.00991. The summed E-state index contributed by atoms with van der Waals surface area (Å²) in [5.41, 5.74) is 1.48. The average molecular weight is 353 g/mol. The van der Waals surface area contributed by atoms with Gasteiger partial charge in [0.15, 0.2) is 0 Å². The van der Waals surface area contributed by atoms with Crippen LogP contribution in [0, 0.1) is 6.92 Å². The Labute approximate surface area is 134 Å². The van der Waals surface area contributed by atoms with Crippen LogP contribution in [0.15, 0.2) is 22.7 Å². The normalized spacial score (nSPS) is 16.4. The van der Waals surface area contributed by atoms with Gasteiger partial charge in [-0.25, -0.2) is 0 Å². The van der Waals surface area contributed by atoms with Crippen molar-refractivity contribution in [2.75, 3.05) is 13.1 Å². The summed E-state index contributed by atoms with van der Waals surface area (Å²) in [6, 6.07) is 5.00. The van der Waals surface area contributed by atoms with Crippen molar-refractivity contribution in [2.24, 2.45) is 0 Å². The molecular weight excluding hydrogens is 332 g/mol. The van der Waals surface area contributed by atoms with Crippen LogP contribution in [0.3, 0.4) is 0 Å². The molecule has 1 aromatic carbocycles.